The van der Waals surface area contributed by atoms with Gasteiger partial charge in [0.25, 0.3) is 0 Å². The largest absolute Gasteiger partial charge is 0.449 e. The molecule has 1 aromatic rings. The van der Waals surface area contributed by atoms with Gasteiger partial charge in [0, 0.05) is 15.8 Å². The van der Waals surface area contributed by atoms with E-state index in [4.69, 9.17) is 9.47 Å². The molecule has 0 aliphatic heterocycles. The van der Waals surface area contributed by atoms with Crippen LogP contribution in [0.25, 0.3) is 0 Å². The molecule has 3 rings (SSSR count). The molecule has 1 fully saturated rings. The minimum absolute atomic E-state index is 0.0306. The van der Waals surface area contributed by atoms with Crippen molar-refractivity contribution >= 4 is 28.1 Å². The summed E-state index contributed by atoms with van der Waals surface area (Å²) in [6.07, 6.45) is 5.02. The molecule has 2 atom stereocenters. The molecule has 0 saturated heterocycles. The van der Waals surface area contributed by atoms with Gasteiger partial charge in [-0.05, 0) is 44.4 Å². The molecule has 2 amide bonds. The highest BCUT2D eigenvalue weighted by Gasteiger charge is 2.57. The van der Waals surface area contributed by atoms with Crippen LogP contribution >= 0.6 is 15.9 Å². The number of halogens is 1. The van der Waals surface area contributed by atoms with Crippen LogP contribution < -0.4 is 5.43 Å². The Morgan fingerprint density at radius 2 is 1.85 bits per heavy atom. The fraction of sp³-hybridized carbons (Fsp3) is 0.474. The molecule has 7 heteroatoms. The van der Waals surface area contributed by atoms with Crippen LogP contribution in [0.15, 0.2) is 40.9 Å². The quantitative estimate of drug-likeness (QED) is 0.577. The number of nitrogens with one attached hydrogen (secondary N) is 1. The normalized spacial score (nSPS) is 22.1. The zero-order chi connectivity index (χ0) is 18.7. The summed E-state index contributed by atoms with van der Waals surface area (Å²) in [6.45, 7) is 3.92. The molecular formula is C19H23BrN2O4. The first-order valence-corrected chi connectivity index (χ1v) is 9.64. The van der Waals surface area contributed by atoms with Crippen LogP contribution in [-0.2, 0) is 9.47 Å². The Morgan fingerprint density at radius 1 is 1.19 bits per heavy atom. The summed E-state index contributed by atoms with van der Waals surface area (Å²) >= 11 is 3.45. The number of hydrogen-bond acceptors (Lipinski definition) is 4. The first-order valence-electron chi connectivity index (χ1n) is 8.85. The number of hydrogen-bond donors (Lipinski definition) is 1. The second kappa shape index (κ2) is 7.70. The van der Waals surface area contributed by atoms with Gasteiger partial charge in [0.15, 0.2) is 0 Å². The zero-order valence-electron chi connectivity index (χ0n) is 14.9. The van der Waals surface area contributed by atoms with E-state index < -0.39 is 12.2 Å². The average Bonchev–Trinajstić information content (AvgIpc) is 3.29. The van der Waals surface area contributed by atoms with Crippen molar-refractivity contribution < 1.29 is 19.1 Å². The lowest BCUT2D eigenvalue weighted by Gasteiger charge is -2.35. The molecule has 0 bridgehead atoms. The lowest BCUT2D eigenvalue weighted by molar-refractivity contribution is 0.0415. The number of amides is 2. The molecule has 2 aliphatic carbocycles. The lowest BCUT2D eigenvalue weighted by atomic mass is 9.88. The maximum Gasteiger partial charge on any atom is 0.429 e. The Bertz CT molecular complexity index is 700. The van der Waals surface area contributed by atoms with Gasteiger partial charge in [-0.25, -0.2) is 20.0 Å². The molecule has 1 spiro atoms. The predicted molar refractivity (Wildman–Crippen MR) is 100 cm³/mol. The van der Waals surface area contributed by atoms with Crippen molar-refractivity contribution in [2.45, 2.75) is 38.6 Å². The van der Waals surface area contributed by atoms with Crippen LogP contribution in [0.3, 0.4) is 0 Å². The van der Waals surface area contributed by atoms with E-state index in [1.54, 1.807) is 13.8 Å². The molecule has 1 saturated carbocycles. The van der Waals surface area contributed by atoms with Crippen LogP contribution in [0.5, 0.6) is 0 Å². The van der Waals surface area contributed by atoms with Gasteiger partial charge in [-0.2, -0.15) is 0 Å². The van der Waals surface area contributed by atoms with E-state index in [1.807, 2.05) is 24.3 Å². The van der Waals surface area contributed by atoms with Gasteiger partial charge in [0.2, 0.25) is 0 Å². The van der Waals surface area contributed by atoms with E-state index in [1.165, 1.54) is 5.01 Å². The Balaban J connectivity index is 1.91. The van der Waals surface area contributed by atoms with Gasteiger partial charge in [-0.3, -0.25) is 0 Å². The van der Waals surface area contributed by atoms with Gasteiger partial charge in [0.1, 0.15) is 0 Å². The number of hydrazine groups is 1. The van der Waals surface area contributed by atoms with E-state index in [-0.39, 0.29) is 30.6 Å². The maximum atomic E-state index is 12.6. The summed E-state index contributed by atoms with van der Waals surface area (Å²) in [5, 5.41) is 1.32. The first-order chi connectivity index (χ1) is 12.5. The molecule has 0 unspecified atom stereocenters. The molecule has 0 aromatic heterocycles. The third-order valence-corrected chi connectivity index (χ3v) is 5.41. The minimum Gasteiger partial charge on any atom is -0.449 e. The molecule has 26 heavy (non-hydrogen) atoms. The fourth-order valence-electron chi connectivity index (χ4n) is 3.54. The Hall–Kier alpha value is -2.02. The van der Waals surface area contributed by atoms with Crippen molar-refractivity contribution in [3.63, 3.8) is 0 Å². The van der Waals surface area contributed by atoms with E-state index in [0.717, 1.165) is 22.9 Å². The molecular weight excluding hydrogens is 400 g/mol. The van der Waals surface area contributed by atoms with Crippen molar-refractivity contribution in [3.05, 3.63) is 46.5 Å². The second-order valence-electron chi connectivity index (χ2n) is 6.52. The summed E-state index contributed by atoms with van der Waals surface area (Å²) < 4.78 is 11.2. The molecule has 0 heterocycles. The van der Waals surface area contributed by atoms with Gasteiger partial charge < -0.3 is 9.47 Å². The van der Waals surface area contributed by atoms with Crippen LogP contribution in [0.2, 0.25) is 0 Å². The molecule has 0 radical (unpaired) electrons. The standard InChI is InChI=1S/C19H23BrN2O4/c1-3-25-17(23)21-22(18(24)26-4-2)16-15(9-10-19(16)11-12-19)13-5-7-14(20)8-6-13/h5-10,15-16H,3-4,11-12H2,1-2H3,(H,21,23)/t15-,16-/m1/s1. The number of rotatable bonds is 4. The third kappa shape index (κ3) is 3.72. The summed E-state index contributed by atoms with van der Waals surface area (Å²) in [6, 6.07) is 7.77. The topological polar surface area (TPSA) is 67.9 Å². The zero-order valence-corrected chi connectivity index (χ0v) is 16.5. The van der Waals surface area contributed by atoms with E-state index in [9.17, 15) is 9.59 Å². The monoisotopic (exact) mass is 422 g/mol. The lowest BCUT2D eigenvalue weighted by Crippen LogP contribution is -2.56. The van der Waals surface area contributed by atoms with Crippen molar-refractivity contribution in [1.29, 1.82) is 0 Å². The van der Waals surface area contributed by atoms with Crippen LogP contribution in [-0.4, -0.2) is 36.5 Å². The van der Waals surface area contributed by atoms with Crippen molar-refractivity contribution in [2.75, 3.05) is 13.2 Å². The number of carbonyl (C=O) groups is 2. The van der Waals surface area contributed by atoms with Crippen molar-refractivity contribution in [1.82, 2.24) is 10.4 Å². The fourth-order valence-corrected chi connectivity index (χ4v) is 3.81. The van der Waals surface area contributed by atoms with Gasteiger partial charge in [-0.15, -0.1) is 0 Å². The third-order valence-electron chi connectivity index (χ3n) is 4.88. The molecule has 1 aromatic carbocycles. The summed E-state index contributed by atoms with van der Waals surface area (Å²) in [4.78, 5) is 24.6. The van der Waals surface area contributed by atoms with E-state index in [2.05, 4.69) is 33.5 Å². The predicted octanol–water partition coefficient (Wildman–Crippen LogP) is 4.37. The summed E-state index contributed by atoms with van der Waals surface area (Å²) in [5.74, 6) is -0.0306. The van der Waals surface area contributed by atoms with Crippen LogP contribution in [0.1, 0.15) is 38.2 Å². The molecule has 6 nitrogen and oxygen atoms in total. The van der Waals surface area contributed by atoms with Crippen LogP contribution in [0, 0.1) is 5.41 Å². The highest BCUT2D eigenvalue weighted by molar-refractivity contribution is 9.10. The number of benzene rings is 1. The van der Waals surface area contributed by atoms with Gasteiger partial charge >= 0.3 is 12.2 Å². The minimum atomic E-state index is -0.655. The Labute approximate surface area is 161 Å². The van der Waals surface area contributed by atoms with Crippen molar-refractivity contribution in [2.24, 2.45) is 5.41 Å². The van der Waals surface area contributed by atoms with Gasteiger partial charge in [-0.1, -0.05) is 40.2 Å². The van der Waals surface area contributed by atoms with Gasteiger partial charge in [0.05, 0.1) is 19.3 Å². The number of carbonyl (C=O) groups excluding carboxylic acids is 2. The summed E-state index contributed by atoms with van der Waals surface area (Å²) in [5.41, 5.74) is 3.56. The second-order valence-corrected chi connectivity index (χ2v) is 7.43. The Morgan fingerprint density at radius 3 is 2.42 bits per heavy atom. The summed E-state index contributed by atoms with van der Waals surface area (Å²) in [7, 11) is 0. The highest BCUT2D eigenvalue weighted by atomic mass is 79.9. The SMILES string of the molecule is CCOC(=O)NN(C(=O)OCC)[C@@H]1[C@@H](c2ccc(Br)cc2)C=CC12CC2. The number of ether oxygens (including phenoxy) is 2. The average molecular weight is 423 g/mol. The molecule has 2 aliphatic rings. The highest BCUT2D eigenvalue weighted by Crippen LogP contribution is 2.59. The Kier molecular flexibility index (Phi) is 5.55. The maximum absolute atomic E-state index is 12.6. The number of nitrogens with zero attached hydrogens (tertiary/aromatic N) is 1. The first kappa shape index (κ1) is 18.8. The smallest absolute Gasteiger partial charge is 0.429 e. The van der Waals surface area contributed by atoms with Crippen LogP contribution in [0.4, 0.5) is 9.59 Å². The molecule has 140 valence electrons. The van der Waals surface area contributed by atoms with Crippen molar-refractivity contribution in [3.8, 4) is 0 Å². The van der Waals surface area contributed by atoms with E-state index >= 15 is 0 Å². The molecule has 1 N–H and O–H groups in total. The van der Waals surface area contributed by atoms with E-state index in [0.29, 0.717) is 0 Å².